The molecule has 1 aromatic heterocycles. The predicted molar refractivity (Wildman–Crippen MR) is 109 cm³/mol. The molecule has 0 amide bonds. The Balaban J connectivity index is 1.67. The fourth-order valence-corrected chi connectivity index (χ4v) is 3.72. The molecule has 0 fully saturated rings. The molecule has 6 heteroatoms. The number of hydrogen-bond acceptors (Lipinski definition) is 2. The summed E-state index contributed by atoms with van der Waals surface area (Å²) in [5.74, 6) is -0.753. The second kappa shape index (κ2) is 8.11. The average Bonchev–Trinajstić information content (AvgIpc) is 3.10. The minimum absolute atomic E-state index is 0.0551. The summed E-state index contributed by atoms with van der Waals surface area (Å²) in [7, 11) is 0. The van der Waals surface area contributed by atoms with Gasteiger partial charge in [-0.2, -0.15) is 4.39 Å². The number of hydrogen-bond donors (Lipinski definition) is 0. The number of nitrogens with zero attached hydrogens (tertiary/aromatic N) is 1. The van der Waals surface area contributed by atoms with E-state index in [0.717, 1.165) is 16.7 Å². The Morgan fingerprint density at radius 3 is 1.86 bits per heavy atom. The topological polar surface area (TPSA) is 45.1 Å². The molecule has 0 aliphatic carbocycles. The predicted octanol–water partition coefficient (Wildman–Crippen LogP) is 5.47. The van der Waals surface area contributed by atoms with Gasteiger partial charge in [-0.1, -0.05) is 59.6 Å². The SMILES string of the molecule is O=S([O-])Cc1ccc(-c2ccc(F)n2-c2ccc(-c3ccc(F)cc3)cc2)cc1. The molecule has 1 unspecified atom stereocenters. The van der Waals surface area contributed by atoms with E-state index in [1.807, 2.05) is 12.1 Å². The van der Waals surface area contributed by atoms with Crippen molar-refractivity contribution in [2.24, 2.45) is 0 Å². The van der Waals surface area contributed by atoms with E-state index in [-0.39, 0.29) is 11.6 Å². The van der Waals surface area contributed by atoms with Gasteiger partial charge in [-0.3, -0.25) is 8.78 Å². The number of benzene rings is 3. The highest BCUT2D eigenvalue weighted by molar-refractivity contribution is 7.78. The van der Waals surface area contributed by atoms with Gasteiger partial charge < -0.3 is 4.55 Å². The summed E-state index contributed by atoms with van der Waals surface area (Å²) in [6.45, 7) is 0. The third-order valence-electron chi connectivity index (χ3n) is 4.67. The lowest BCUT2D eigenvalue weighted by Crippen LogP contribution is -2.00. The van der Waals surface area contributed by atoms with Crippen molar-refractivity contribution in [1.29, 1.82) is 0 Å². The molecule has 3 nitrogen and oxygen atoms in total. The zero-order valence-corrected chi connectivity index (χ0v) is 16.0. The Morgan fingerprint density at radius 1 is 0.724 bits per heavy atom. The van der Waals surface area contributed by atoms with Gasteiger partial charge in [-0.05, 0) is 58.7 Å². The largest absolute Gasteiger partial charge is 0.772 e. The average molecular weight is 408 g/mol. The van der Waals surface area contributed by atoms with Gasteiger partial charge in [0, 0.05) is 11.4 Å². The zero-order chi connectivity index (χ0) is 20.4. The van der Waals surface area contributed by atoms with Crippen LogP contribution in [0.2, 0.25) is 0 Å². The van der Waals surface area contributed by atoms with Crippen LogP contribution in [-0.4, -0.2) is 13.3 Å². The summed E-state index contributed by atoms with van der Waals surface area (Å²) in [5.41, 5.74) is 4.53. The second-order valence-electron chi connectivity index (χ2n) is 6.58. The van der Waals surface area contributed by atoms with E-state index in [0.29, 0.717) is 16.9 Å². The number of aromatic nitrogens is 1. The first kappa shape index (κ1) is 19.2. The van der Waals surface area contributed by atoms with Gasteiger partial charge >= 0.3 is 0 Å². The normalized spacial score (nSPS) is 12.1. The molecule has 0 aliphatic heterocycles. The molecule has 4 aromatic rings. The van der Waals surface area contributed by atoms with Crippen molar-refractivity contribution in [1.82, 2.24) is 4.57 Å². The Bertz CT molecular complexity index is 1150. The first-order valence-electron chi connectivity index (χ1n) is 8.90. The molecular formula is C23H16F2NO2S-. The van der Waals surface area contributed by atoms with E-state index in [4.69, 9.17) is 0 Å². The van der Waals surface area contributed by atoms with Crippen LogP contribution in [-0.2, 0) is 16.8 Å². The lowest BCUT2D eigenvalue weighted by atomic mass is 10.1. The van der Waals surface area contributed by atoms with Gasteiger partial charge in [-0.25, -0.2) is 4.39 Å². The van der Waals surface area contributed by atoms with Crippen molar-refractivity contribution in [2.75, 3.05) is 0 Å². The molecule has 0 radical (unpaired) electrons. The third-order valence-corrected chi connectivity index (χ3v) is 5.24. The van der Waals surface area contributed by atoms with Crippen molar-refractivity contribution < 1.29 is 17.5 Å². The first-order chi connectivity index (χ1) is 14.0. The molecule has 1 heterocycles. The van der Waals surface area contributed by atoms with E-state index in [2.05, 4.69) is 0 Å². The smallest absolute Gasteiger partial charge is 0.198 e. The molecule has 1 atom stereocenters. The van der Waals surface area contributed by atoms with Crippen molar-refractivity contribution >= 4 is 11.1 Å². The molecule has 4 rings (SSSR count). The highest BCUT2D eigenvalue weighted by Gasteiger charge is 2.12. The molecule has 3 aromatic carbocycles. The van der Waals surface area contributed by atoms with Gasteiger partial charge in [0.05, 0.1) is 5.69 Å². The molecule has 0 saturated carbocycles. The fraction of sp³-hybridized carbons (Fsp3) is 0.0435. The van der Waals surface area contributed by atoms with Crippen LogP contribution < -0.4 is 0 Å². The van der Waals surface area contributed by atoms with Crippen molar-refractivity contribution in [2.45, 2.75) is 5.75 Å². The van der Waals surface area contributed by atoms with Crippen LogP contribution in [0.3, 0.4) is 0 Å². The molecule has 29 heavy (non-hydrogen) atoms. The van der Waals surface area contributed by atoms with Gasteiger partial charge in [0.2, 0.25) is 0 Å². The van der Waals surface area contributed by atoms with Gasteiger partial charge in [0.1, 0.15) is 5.82 Å². The minimum atomic E-state index is -2.15. The summed E-state index contributed by atoms with van der Waals surface area (Å²) >= 11 is -2.15. The molecule has 146 valence electrons. The molecule has 0 bridgehead atoms. The summed E-state index contributed by atoms with van der Waals surface area (Å²) in [4.78, 5) is 0. The lowest BCUT2D eigenvalue weighted by Gasteiger charge is -2.12. The second-order valence-corrected chi connectivity index (χ2v) is 7.47. The van der Waals surface area contributed by atoms with Gasteiger partial charge in [0.15, 0.2) is 5.95 Å². The van der Waals surface area contributed by atoms with Gasteiger partial charge in [-0.15, -0.1) is 0 Å². The zero-order valence-electron chi connectivity index (χ0n) is 15.2. The highest BCUT2D eigenvalue weighted by atomic mass is 32.2. The quantitative estimate of drug-likeness (QED) is 0.411. The Labute approximate surface area is 169 Å². The first-order valence-corrected chi connectivity index (χ1v) is 10.1. The van der Waals surface area contributed by atoms with Crippen molar-refractivity contribution in [3.05, 3.63) is 102 Å². The molecule has 0 saturated heterocycles. The fourth-order valence-electron chi connectivity index (χ4n) is 3.25. The van der Waals surface area contributed by atoms with E-state index in [9.17, 15) is 17.5 Å². The third kappa shape index (κ3) is 4.18. The summed E-state index contributed by atoms with van der Waals surface area (Å²) in [6, 6.07) is 23.6. The van der Waals surface area contributed by atoms with Crippen LogP contribution in [0.5, 0.6) is 0 Å². The van der Waals surface area contributed by atoms with Gasteiger partial charge in [0.25, 0.3) is 0 Å². The van der Waals surface area contributed by atoms with Crippen molar-refractivity contribution in [3.63, 3.8) is 0 Å². The maximum atomic E-state index is 14.5. The number of halogens is 2. The lowest BCUT2D eigenvalue weighted by molar-refractivity contribution is 0.536. The number of rotatable bonds is 5. The van der Waals surface area contributed by atoms with Crippen molar-refractivity contribution in [3.8, 4) is 28.1 Å². The summed E-state index contributed by atoms with van der Waals surface area (Å²) in [5, 5.41) is 0. The van der Waals surface area contributed by atoms with E-state index < -0.39 is 17.0 Å². The van der Waals surface area contributed by atoms with E-state index in [1.165, 1.54) is 22.8 Å². The van der Waals surface area contributed by atoms with Crippen LogP contribution in [0.1, 0.15) is 5.56 Å². The monoisotopic (exact) mass is 408 g/mol. The van der Waals surface area contributed by atoms with Crippen LogP contribution in [0.4, 0.5) is 8.78 Å². The molecule has 0 N–H and O–H groups in total. The summed E-state index contributed by atoms with van der Waals surface area (Å²) in [6.07, 6.45) is 0. The Hall–Kier alpha value is -3.09. The van der Waals surface area contributed by atoms with Crippen LogP contribution in [0, 0.1) is 11.8 Å². The summed E-state index contributed by atoms with van der Waals surface area (Å²) < 4.78 is 50.8. The molecule has 0 aliphatic rings. The maximum absolute atomic E-state index is 14.5. The van der Waals surface area contributed by atoms with Crippen LogP contribution in [0.15, 0.2) is 84.9 Å². The minimum Gasteiger partial charge on any atom is -0.772 e. The maximum Gasteiger partial charge on any atom is 0.198 e. The Morgan fingerprint density at radius 2 is 1.28 bits per heavy atom. The molecular weight excluding hydrogens is 392 g/mol. The van der Waals surface area contributed by atoms with E-state index >= 15 is 0 Å². The molecule has 0 spiro atoms. The standard InChI is InChI=1S/C23H17F2NO2S/c24-20-9-5-17(6-10-20)18-7-11-21(12-8-18)26-22(13-14-23(26)25)19-3-1-16(2-4-19)15-29(27)28/h1-14H,15H2,(H,27,28)/p-1. The van der Waals surface area contributed by atoms with Crippen LogP contribution >= 0.6 is 0 Å². The van der Waals surface area contributed by atoms with Crippen LogP contribution in [0.25, 0.3) is 28.1 Å². The Kier molecular flexibility index (Phi) is 5.38. The van der Waals surface area contributed by atoms with E-state index in [1.54, 1.807) is 54.6 Å². The highest BCUT2D eigenvalue weighted by Crippen LogP contribution is 2.28.